The Bertz CT molecular complexity index is 873. The van der Waals surface area contributed by atoms with E-state index in [-0.39, 0.29) is 11.6 Å². The molecule has 7 nitrogen and oxygen atoms in total. The number of aldehydes is 1. The number of aromatic nitrogens is 1. The molecule has 0 unspecified atom stereocenters. The Balaban J connectivity index is 2.20. The smallest absolute Gasteiger partial charge is 0.255 e. The highest BCUT2D eigenvalue weighted by molar-refractivity contribution is 6.00. The molecule has 2 aromatic rings. The largest absolute Gasteiger partial charge is 0.404 e. The minimum absolute atomic E-state index is 0.0495. The van der Waals surface area contributed by atoms with Gasteiger partial charge in [0.15, 0.2) is 6.29 Å². The highest BCUT2D eigenvalue weighted by Crippen LogP contribution is 2.15. The van der Waals surface area contributed by atoms with Crippen LogP contribution in [0.2, 0.25) is 0 Å². The van der Waals surface area contributed by atoms with E-state index in [1.807, 2.05) is 0 Å². The summed E-state index contributed by atoms with van der Waals surface area (Å²) < 4.78 is 0. The molecule has 0 fully saturated rings. The lowest BCUT2D eigenvalue weighted by atomic mass is 10.1. The summed E-state index contributed by atoms with van der Waals surface area (Å²) in [5.74, 6) is -0.729. The van der Waals surface area contributed by atoms with Crippen LogP contribution in [0.4, 0.5) is 5.69 Å². The molecule has 7 heteroatoms. The van der Waals surface area contributed by atoms with Crippen LogP contribution in [0.15, 0.2) is 66.8 Å². The fraction of sp³-hybridized carbons (Fsp3) is 0.0526. The Morgan fingerprint density at radius 1 is 1.12 bits per heavy atom. The van der Waals surface area contributed by atoms with Crippen LogP contribution in [0.25, 0.3) is 5.57 Å². The van der Waals surface area contributed by atoms with Gasteiger partial charge in [0.2, 0.25) is 5.91 Å². The van der Waals surface area contributed by atoms with Crippen LogP contribution in [0, 0.1) is 0 Å². The van der Waals surface area contributed by atoms with Crippen molar-refractivity contribution in [3.63, 3.8) is 0 Å². The van der Waals surface area contributed by atoms with E-state index in [4.69, 9.17) is 5.73 Å². The van der Waals surface area contributed by atoms with E-state index < -0.39 is 5.91 Å². The quantitative estimate of drug-likeness (QED) is 0.418. The van der Waals surface area contributed by atoms with Crippen molar-refractivity contribution >= 4 is 29.4 Å². The van der Waals surface area contributed by atoms with Gasteiger partial charge in [0.1, 0.15) is 0 Å². The van der Waals surface area contributed by atoms with Crippen molar-refractivity contribution < 1.29 is 14.4 Å². The van der Waals surface area contributed by atoms with Crippen molar-refractivity contribution in [1.82, 2.24) is 10.3 Å². The standard InChI is InChI=1S/C19H18N4O3/c1-13(25)22-17-4-2-3-15(9-17)19(26)23-18(12-24)10-16(11-20)14-5-7-21-8-6-14/h2-12H,20H2,1H3,(H,22,25)(H,23,26)/b16-11+,18-10+. The predicted molar refractivity (Wildman–Crippen MR) is 98.8 cm³/mol. The molecule has 0 spiro atoms. The Morgan fingerprint density at radius 3 is 2.46 bits per heavy atom. The second kappa shape index (κ2) is 8.93. The van der Waals surface area contributed by atoms with E-state index in [9.17, 15) is 14.4 Å². The molecule has 0 atom stereocenters. The minimum atomic E-state index is -0.485. The lowest BCUT2D eigenvalue weighted by molar-refractivity contribution is -0.114. The Labute approximate surface area is 150 Å². The summed E-state index contributed by atoms with van der Waals surface area (Å²) in [5.41, 5.74) is 7.76. The van der Waals surface area contributed by atoms with Crippen molar-refractivity contribution in [1.29, 1.82) is 0 Å². The van der Waals surface area contributed by atoms with E-state index in [0.717, 1.165) is 5.56 Å². The molecule has 0 aliphatic rings. The summed E-state index contributed by atoms with van der Waals surface area (Å²) >= 11 is 0. The maximum absolute atomic E-state index is 12.4. The topological polar surface area (TPSA) is 114 Å². The zero-order valence-electron chi connectivity index (χ0n) is 14.1. The van der Waals surface area contributed by atoms with Crippen LogP contribution < -0.4 is 16.4 Å². The predicted octanol–water partition coefficient (Wildman–Crippen LogP) is 1.85. The van der Waals surface area contributed by atoms with Gasteiger partial charge in [-0.05, 0) is 47.5 Å². The van der Waals surface area contributed by atoms with Gasteiger partial charge in [0.25, 0.3) is 5.91 Å². The SMILES string of the molecule is CC(=O)Nc1cccc(C(=O)N/C(C=O)=C/C(=C\N)c2ccncc2)c1. The third-order valence-electron chi connectivity index (χ3n) is 3.33. The summed E-state index contributed by atoms with van der Waals surface area (Å²) in [4.78, 5) is 38.8. The fourth-order valence-corrected chi connectivity index (χ4v) is 2.18. The molecule has 0 bridgehead atoms. The first kappa shape index (κ1) is 18.6. The van der Waals surface area contributed by atoms with Gasteiger partial charge in [-0.25, -0.2) is 0 Å². The minimum Gasteiger partial charge on any atom is -0.404 e. The zero-order valence-corrected chi connectivity index (χ0v) is 14.1. The van der Waals surface area contributed by atoms with Gasteiger partial charge in [-0.15, -0.1) is 0 Å². The normalized spacial score (nSPS) is 11.6. The zero-order chi connectivity index (χ0) is 18.9. The molecule has 2 amide bonds. The first-order valence-electron chi connectivity index (χ1n) is 7.71. The van der Waals surface area contributed by atoms with Gasteiger partial charge < -0.3 is 16.4 Å². The Morgan fingerprint density at radius 2 is 1.85 bits per heavy atom. The number of amides is 2. The molecule has 1 aromatic carbocycles. The van der Waals surface area contributed by atoms with Gasteiger partial charge in [0.05, 0.1) is 5.70 Å². The number of nitrogens with one attached hydrogen (secondary N) is 2. The third kappa shape index (κ3) is 5.13. The lowest BCUT2D eigenvalue weighted by Gasteiger charge is -2.08. The van der Waals surface area contributed by atoms with E-state index >= 15 is 0 Å². The molecule has 132 valence electrons. The number of anilines is 1. The van der Waals surface area contributed by atoms with Crippen LogP contribution in [0.3, 0.4) is 0 Å². The van der Waals surface area contributed by atoms with Crippen LogP contribution in [0.1, 0.15) is 22.8 Å². The molecule has 0 aliphatic heterocycles. The maximum Gasteiger partial charge on any atom is 0.255 e. The third-order valence-corrected chi connectivity index (χ3v) is 3.33. The summed E-state index contributed by atoms with van der Waals surface area (Å²) in [6.07, 6.45) is 6.53. The van der Waals surface area contributed by atoms with E-state index in [1.165, 1.54) is 25.3 Å². The Kier molecular flexibility index (Phi) is 6.39. The van der Waals surface area contributed by atoms with Crippen molar-refractivity contribution in [2.75, 3.05) is 5.32 Å². The number of nitrogens with two attached hydrogens (primary N) is 1. The number of hydrogen-bond donors (Lipinski definition) is 3. The molecule has 2 rings (SSSR count). The number of nitrogens with zero attached hydrogens (tertiary/aromatic N) is 1. The number of carbonyl (C=O) groups is 3. The van der Waals surface area contributed by atoms with Crippen molar-refractivity contribution in [3.05, 3.63) is 77.9 Å². The van der Waals surface area contributed by atoms with Crippen LogP contribution in [-0.4, -0.2) is 23.1 Å². The van der Waals surface area contributed by atoms with Gasteiger partial charge >= 0.3 is 0 Å². The molecule has 0 aliphatic carbocycles. The van der Waals surface area contributed by atoms with Crippen molar-refractivity contribution in [3.8, 4) is 0 Å². The first-order chi connectivity index (χ1) is 12.5. The van der Waals surface area contributed by atoms with Crippen LogP contribution >= 0.6 is 0 Å². The molecule has 1 heterocycles. The maximum atomic E-state index is 12.4. The fourth-order valence-electron chi connectivity index (χ4n) is 2.18. The molecule has 0 saturated carbocycles. The number of benzene rings is 1. The van der Waals surface area contributed by atoms with Gasteiger partial charge in [-0.2, -0.15) is 0 Å². The average Bonchev–Trinajstić information content (AvgIpc) is 2.65. The number of allylic oxidation sites excluding steroid dienone is 3. The number of carbonyl (C=O) groups excluding carboxylic acids is 3. The highest BCUT2D eigenvalue weighted by atomic mass is 16.2. The Hall–Kier alpha value is -3.74. The van der Waals surface area contributed by atoms with Crippen molar-refractivity contribution in [2.45, 2.75) is 6.92 Å². The van der Waals surface area contributed by atoms with Crippen LogP contribution in [-0.2, 0) is 9.59 Å². The highest BCUT2D eigenvalue weighted by Gasteiger charge is 2.10. The molecule has 0 radical (unpaired) electrons. The molecular formula is C19H18N4O3. The van der Waals surface area contributed by atoms with E-state index in [0.29, 0.717) is 23.1 Å². The molecule has 1 aromatic heterocycles. The summed E-state index contributed by atoms with van der Waals surface area (Å²) in [5, 5.41) is 5.12. The molecule has 26 heavy (non-hydrogen) atoms. The summed E-state index contributed by atoms with van der Waals surface area (Å²) in [7, 11) is 0. The van der Waals surface area contributed by atoms with Gasteiger partial charge in [-0.3, -0.25) is 19.4 Å². The van der Waals surface area contributed by atoms with Crippen LogP contribution in [0.5, 0.6) is 0 Å². The van der Waals surface area contributed by atoms with Crippen molar-refractivity contribution in [2.24, 2.45) is 5.73 Å². The molecular weight excluding hydrogens is 332 g/mol. The number of rotatable bonds is 6. The number of pyridine rings is 1. The summed E-state index contributed by atoms with van der Waals surface area (Å²) in [6.45, 7) is 1.37. The van der Waals surface area contributed by atoms with E-state index in [2.05, 4.69) is 15.6 Å². The number of hydrogen-bond acceptors (Lipinski definition) is 5. The molecule has 0 saturated heterocycles. The summed E-state index contributed by atoms with van der Waals surface area (Å²) in [6, 6.07) is 9.85. The second-order valence-corrected chi connectivity index (χ2v) is 5.29. The second-order valence-electron chi connectivity index (χ2n) is 5.29. The average molecular weight is 350 g/mol. The monoisotopic (exact) mass is 350 g/mol. The molecule has 4 N–H and O–H groups in total. The lowest BCUT2D eigenvalue weighted by Crippen LogP contribution is -2.24. The van der Waals surface area contributed by atoms with E-state index in [1.54, 1.807) is 42.7 Å². The first-order valence-corrected chi connectivity index (χ1v) is 7.71. The van der Waals surface area contributed by atoms with Gasteiger partial charge in [-0.1, -0.05) is 6.07 Å². The van der Waals surface area contributed by atoms with Gasteiger partial charge in [0, 0.05) is 36.8 Å².